The molecule has 0 aliphatic heterocycles. The van der Waals surface area contributed by atoms with E-state index in [1.165, 1.54) is 0 Å². The van der Waals surface area contributed by atoms with Crippen LogP contribution in [0.2, 0.25) is 0 Å². The number of rotatable bonds is 6. The third kappa shape index (κ3) is 5.12. The summed E-state index contributed by atoms with van der Waals surface area (Å²) in [7, 11) is 0. The lowest BCUT2D eigenvalue weighted by Gasteiger charge is -2.08. The van der Waals surface area contributed by atoms with E-state index in [-0.39, 0.29) is 18.2 Å². The Bertz CT molecular complexity index is 383. The van der Waals surface area contributed by atoms with Crippen LogP contribution in [0, 0.1) is 17.2 Å². The van der Waals surface area contributed by atoms with Crippen molar-refractivity contribution < 1.29 is 4.79 Å². The standard InChI is InChI=1S/C13H17N3O/c1-2-3-12(9-14)8-13(17)16-10-11-4-6-15-7-5-11/h4-7,12H,2-3,8,10H2,1H3,(H,16,17). The zero-order valence-corrected chi connectivity index (χ0v) is 10.0. The summed E-state index contributed by atoms with van der Waals surface area (Å²) in [6.07, 6.45) is 5.37. The fourth-order valence-electron chi connectivity index (χ4n) is 1.56. The van der Waals surface area contributed by atoms with Gasteiger partial charge in [0.15, 0.2) is 0 Å². The molecule has 1 unspecified atom stereocenters. The fraction of sp³-hybridized carbons (Fsp3) is 0.462. The minimum atomic E-state index is -0.169. The lowest BCUT2D eigenvalue weighted by Crippen LogP contribution is -2.24. The summed E-state index contributed by atoms with van der Waals surface area (Å²) < 4.78 is 0. The highest BCUT2D eigenvalue weighted by Crippen LogP contribution is 2.09. The van der Waals surface area contributed by atoms with Gasteiger partial charge in [0.2, 0.25) is 5.91 Å². The lowest BCUT2D eigenvalue weighted by atomic mass is 10.0. The van der Waals surface area contributed by atoms with Gasteiger partial charge in [0.1, 0.15) is 0 Å². The Kier molecular flexibility index (Phi) is 5.73. The van der Waals surface area contributed by atoms with Crippen molar-refractivity contribution in [2.24, 2.45) is 5.92 Å². The molecule has 0 saturated carbocycles. The van der Waals surface area contributed by atoms with Gasteiger partial charge in [-0.1, -0.05) is 13.3 Å². The predicted molar refractivity (Wildman–Crippen MR) is 64.7 cm³/mol. The lowest BCUT2D eigenvalue weighted by molar-refractivity contribution is -0.121. The Hall–Kier alpha value is -1.89. The largest absolute Gasteiger partial charge is 0.352 e. The smallest absolute Gasteiger partial charge is 0.221 e. The Morgan fingerprint density at radius 3 is 2.82 bits per heavy atom. The van der Waals surface area contributed by atoms with E-state index in [1.807, 2.05) is 19.1 Å². The summed E-state index contributed by atoms with van der Waals surface area (Å²) in [6.45, 7) is 2.50. The molecular formula is C13H17N3O. The maximum atomic E-state index is 11.6. The first-order valence-electron chi connectivity index (χ1n) is 5.81. The molecule has 0 aliphatic carbocycles. The van der Waals surface area contributed by atoms with Crippen molar-refractivity contribution in [2.75, 3.05) is 0 Å². The number of nitrogens with zero attached hydrogens (tertiary/aromatic N) is 2. The SMILES string of the molecule is CCCC(C#N)CC(=O)NCc1ccncc1. The van der Waals surface area contributed by atoms with Gasteiger partial charge < -0.3 is 5.32 Å². The molecule has 1 aromatic rings. The number of hydrogen-bond donors (Lipinski definition) is 1. The zero-order chi connectivity index (χ0) is 12.5. The van der Waals surface area contributed by atoms with Gasteiger partial charge >= 0.3 is 0 Å². The van der Waals surface area contributed by atoms with E-state index in [4.69, 9.17) is 5.26 Å². The number of carbonyl (C=O) groups excluding carboxylic acids is 1. The van der Waals surface area contributed by atoms with Crippen LogP contribution in [0.15, 0.2) is 24.5 Å². The Morgan fingerprint density at radius 2 is 2.24 bits per heavy atom. The van der Waals surface area contributed by atoms with Crippen LogP contribution in [0.25, 0.3) is 0 Å². The molecule has 4 heteroatoms. The van der Waals surface area contributed by atoms with Crippen LogP contribution in [-0.4, -0.2) is 10.9 Å². The third-order valence-electron chi connectivity index (χ3n) is 2.49. The second-order valence-corrected chi connectivity index (χ2v) is 3.95. The van der Waals surface area contributed by atoms with Crippen LogP contribution in [-0.2, 0) is 11.3 Å². The maximum Gasteiger partial charge on any atom is 0.221 e. The number of carbonyl (C=O) groups is 1. The number of nitriles is 1. The van der Waals surface area contributed by atoms with E-state index in [9.17, 15) is 4.79 Å². The molecule has 0 aromatic carbocycles. The summed E-state index contributed by atoms with van der Waals surface area (Å²) in [5.41, 5.74) is 1.01. The van der Waals surface area contributed by atoms with Crippen LogP contribution in [0.1, 0.15) is 31.7 Å². The number of pyridine rings is 1. The second-order valence-electron chi connectivity index (χ2n) is 3.95. The maximum absolute atomic E-state index is 11.6. The van der Waals surface area contributed by atoms with Crippen molar-refractivity contribution in [1.82, 2.24) is 10.3 Å². The highest BCUT2D eigenvalue weighted by Gasteiger charge is 2.11. The molecule has 0 radical (unpaired) electrons. The molecule has 1 aromatic heterocycles. The van der Waals surface area contributed by atoms with Crippen molar-refractivity contribution in [3.8, 4) is 6.07 Å². The minimum absolute atomic E-state index is 0.0678. The van der Waals surface area contributed by atoms with Gasteiger partial charge in [-0.15, -0.1) is 0 Å². The van der Waals surface area contributed by atoms with E-state index < -0.39 is 0 Å². The first kappa shape index (κ1) is 13.2. The van der Waals surface area contributed by atoms with Crippen molar-refractivity contribution in [3.63, 3.8) is 0 Å². The molecular weight excluding hydrogens is 214 g/mol. The van der Waals surface area contributed by atoms with Crippen LogP contribution in [0.5, 0.6) is 0 Å². The van der Waals surface area contributed by atoms with E-state index in [0.29, 0.717) is 6.54 Å². The van der Waals surface area contributed by atoms with Crippen molar-refractivity contribution >= 4 is 5.91 Å². The van der Waals surface area contributed by atoms with Gasteiger partial charge in [-0.05, 0) is 24.1 Å². The van der Waals surface area contributed by atoms with Gasteiger partial charge in [0.05, 0.1) is 12.0 Å². The van der Waals surface area contributed by atoms with Crippen LogP contribution in [0.3, 0.4) is 0 Å². The summed E-state index contributed by atoms with van der Waals surface area (Å²) in [5, 5.41) is 11.7. The number of nitrogens with one attached hydrogen (secondary N) is 1. The average Bonchev–Trinajstić information content (AvgIpc) is 2.37. The molecule has 0 aliphatic rings. The van der Waals surface area contributed by atoms with E-state index in [0.717, 1.165) is 18.4 Å². The van der Waals surface area contributed by atoms with Gasteiger partial charge in [0, 0.05) is 25.4 Å². The van der Waals surface area contributed by atoms with Crippen LogP contribution >= 0.6 is 0 Å². The van der Waals surface area contributed by atoms with Crippen molar-refractivity contribution in [2.45, 2.75) is 32.7 Å². The monoisotopic (exact) mass is 231 g/mol. The second kappa shape index (κ2) is 7.39. The molecule has 1 heterocycles. The van der Waals surface area contributed by atoms with Crippen molar-refractivity contribution in [1.29, 1.82) is 5.26 Å². The van der Waals surface area contributed by atoms with Gasteiger partial charge in [-0.25, -0.2) is 0 Å². The van der Waals surface area contributed by atoms with Crippen molar-refractivity contribution in [3.05, 3.63) is 30.1 Å². The molecule has 0 fully saturated rings. The first-order valence-corrected chi connectivity index (χ1v) is 5.81. The van der Waals surface area contributed by atoms with Crippen LogP contribution in [0.4, 0.5) is 0 Å². The van der Waals surface area contributed by atoms with Gasteiger partial charge in [-0.2, -0.15) is 5.26 Å². The number of hydrogen-bond acceptors (Lipinski definition) is 3. The normalized spacial score (nSPS) is 11.5. The van der Waals surface area contributed by atoms with E-state index >= 15 is 0 Å². The molecule has 1 N–H and O–H groups in total. The molecule has 4 nitrogen and oxygen atoms in total. The Labute approximate surface area is 102 Å². The summed E-state index contributed by atoms with van der Waals surface area (Å²) in [4.78, 5) is 15.5. The zero-order valence-electron chi connectivity index (χ0n) is 10.0. The van der Waals surface area contributed by atoms with E-state index in [1.54, 1.807) is 12.4 Å². The first-order chi connectivity index (χ1) is 8.26. The number of aromatic nitrogens is 1. The fourth-order valence-corrected chi connectivity index (χ4v) is 1.56. The molecule has 1 atom stereocenters. The summed E-state index contributed by atoms with van der Waals surface area (Å²) >= 11 is 0. The van der Waals surface area contributed by atoms with Crippen LogP contribution < -0.4 is 5.32 Å². The Balaban J connectivity index is 2.33. The topological polar surface area (TPSA) is 65.8 Å². The highest BCUT2D eigenvalue weighted by atomic mass is 16.1. The molecule has 1 rings (SSSR count). The van der Waals surface area contributed by atoms with E-state index in [2.05, 4.69) is 16.4 Å². The predicted octanol–water partition coefficient (Wildman–Crippen LogP) is 2.03. The molecule has 0 saturated heterocycles. The summed E-state index contributed by atoms with van der Waals surface area (Å²) in [5.74, 6) is -0.237. The third-order valence-corrected chi connectivity index (χ3v) is 2.49. The molecule has 0 bridgehead atoms. The minimum Gasteiger partial charge on any atom is -0.352 e. The van der Waals surface area contributed by atoms with Gasteiger partial charge in [0.25, 0.3) is 0 Å². The molecule has 17 heavy (non-hydrogen) atoms. The molecule has 1 amide bonds. The summed E-state index contributed by atoms with van der Waals surface area (Å²) in [6, 6.07) is 5.87. The Morgan fingerprint density at radius 1 is 1.53 bits per heavy atom. The molecule has 0 spiro atoms. The average molecular weight is 231 g/mol. The number of amides is 1. The highest BCUT2D eigenvalue weighted by molar-refractivity contribution is 5.76. The quantitative estimate of drug-likeness (QED) is 0.814. The molecule has 90 valence electrons. The van der Waals surface area contributed by atoms with Gasteiger partial charge in [-0.3, -0.25) is 9.78 Å².